The number of benzene rings is 2. The number of halogens is 1. The molecule has 3 aromatic rings. The molecule has 106 valence electrons. The van der Waals surface area contributed by atoms with Gasteiger partial charge in [0, 0.05) is 15.8 Å². The van der Waals surface area contributed by atoms with E-state index in [1.54, 1.807) is 11.8 Å². The van der Waals surface area contributed by atoms with Crippen molar-refractivity contribution in [2.45, 2.75) is 18.2 Å². The summed E-state index contributed by atoms with van der Waals surface area (Å²) in [6.07, 6.45) is 2.99. The van der Waals surface area contributed by atoms with E-state index in [2.05, 4.69) is 36.4 Å². The van der Waals surface area contributed by atoms with Gasteiger partial charge < -0.3 is 0 Å². The van der Waals surface area contributed by atoms with E-state index in [4.69, 9.17) is 16.6 Å². The fourth-order valence-corrected chi connectivity index (χ4v) is 2.97. The SMILES string of the molecule is CCc1cccc2c(Cl)nc(-c3ccc(SC)cc3)nc12. The summed E-state index contributed by atoms with van der Waals surface area (Å²) in [5, 5.41) is 1.43. The third-order valence-electron chi connectivity index (χ3n) is 3.49. The Kier molecular flexibility index (Phi) is 4.13. The maximum atomic E-state index is 6.34. The number of aryl methyl sites for hydroxylation is 1. The molecule has 0 bridgehead atoms. The van der Waals surface area contributed by atoms with E-state index in [-0.39, 0.29) is 0 Å². The van der Waals surface area contributed by atoms with Gasteiger partial charge in [0.25, 0.3) is 0 Å². The first-order valence-electron chi connectivity index (χ1n) is 6.82. The average Bonchev–Trinajstić information content (AvgIpc) is 2.54. The number of para-hydroxylation sites is 1. The number of aromatic nitrogens is 2. The Balaban J connectivity index is 2.18. The molecule has 0 unspecified atom stereocenters. The third-order valence-corrected chi connectivity index (χ3v) is 4.52. The van der Waals surface area contributed by atoms with Gasteiger partial charge in [-0.25, -0.2) is 9.97 Å². The monoisotopic (exact) mass is 314 g/mol. The highest BCUT2D eigenvalue weighted by Crippen LogP contribution is 2.28. The van der Waals surface area contributed by atoms with Crippen molar-refractivity contribution >= 4 is 34.3 Å². The maximum absolute atomic E-state index is 6.34. The molecule has 0 aliphatic rings. The van der Waals surface area contributed by atoms with E-state index in [1.165, 1.54) is 10.5 Å². The van der Waals surface area contributed by atoms with Crippen LogP contribution in [-0.2, 0) is 6.42 Å². The van der Waals surface area contributed by atoms with Crippen LogP contribution in [0.25, 0.3) is 22.3 Å². The van der Waals surface area contributed by atoms with E-state index < -0.39 is 0 Å². The van der Waals surface area contributed by atoms with Crippen LogP contribution in [0.2, 0.25) is 5.15 Å². The Morgan fingerprint density at radius 3 is 2.48 bits per heavy atom. The molecule has 0 aliphatic carbocycles. The van der Waals surface area contributed by atoms with Gasteiger partial charge in [0.2, 0.25) is 0 Å². The summed E-state index contributed by atoms with van der Waals surface area (Å²) < 4.78 is 0. The summed E-state index contributed by atoms with van der Waals surface area (Å²) in [4.78, 5) is 10.4. The van der Waals surface area contributed by atoms with Gasteiger partial charge >= 0.3 is 0 Å². The molecule has 0 saturated carbocycles. The molecular formula is C17H15ClN2S. The molecule has 4 heteroatoms. The second-order valence-corrected chi connectivity index (χ2v) is 5.97. The molecule has 1 aromatic heterocycles. The molecule has 0 radical (unpaired) electrons. The highest BCUT2D eigenvalue weighted by Gasteiger charge is 2.10. The van der Waals surface area contributed by atoms with Gasteiger partial charge in [0.05, 0.1) is 5.52 Å². The lowest BCUT2D eigenvalue weighted by Crippen LogP contribution is -1.95. The number of hydrogen-bond donors (Lipinski definition) is 0. The zero-order valence-corrected chi connectivity index (χ0v) is 13.5. The van der Waals surface area contributed by atoms with Crippen LogP contribution in [0.15, 0.2) is 47.4 Å². The van der Waals surface area contributed by atoms with Crippen LogP contribution < -0.4 is 0 Å². The van der Waals surface area contributed by atoms with E-state index in [1.807, 2.05) is 24.3 Å². The van der Waals surface area contributed by atoms with Crippen molar-refractivity contribution in [3.63, 3.8) is 0 Å². The molecule has 1 heterocycles. The maximum Gasteiger partial charge on any atom is 0.161 e. The van der Waals surface area contributed by atoms with Crippen molar-refractivity contribution in [2.75, 3.05) is 6.26 Å². The highest BCUT2D eigenvalue weighted by atomic mass is 35.5. The summed E-state index contributed by atoms with van der Waals surface area (Å²) in [7, 11) is 0. The van der Waals surface area contributed by atoms with Crippen LogP contribution in [0.4, 0.5) is 0 Å². The summed E-state index contributed by atoms with van der Waals surface area (Å²) in [6.45, 7) is 2.12. The van der Waals surface area contributed by atoms with E-state index in [9.17, 15) is 0 Å². The van der Waals surface area contributed by atoms with Gasteiger partial charge in [0.15, 0.2) is 5.82 Å². The molecule has 3 rings (SSSR count). The van der Waals surface area contributed by atoms with Gasteiger partial charge in [0.1, 0.15) is 5.15 Å². The minimum Gasteiger partial charge on any atom is -0.228 e. The number of nitrogens with zero attached hydrogens (tertiary/aromatic N) is 2. The molecular weight excluding hydrogens is 300 g/mol. The van der Waals surface area contributed by atoms with Gasteiger partial charge in [-0.3, -0.25) is 0 Å². The molecule has 0 saturated heterocycles. The predicted octanol–water partition coefficient (Wildman–Crippen LogP) is 5.23. The quantitative estimate of drug-likeness (QED) is 0.488. The van der Waals surface area contributed by atoms with Gasteiger partial charge in [-0.2, -0.15) is 0 Å². The summed E-state index contributed by atoms with van der Waals surface area (Å²) >= 11 is 8.06. The van der Waals surface area contributed by atoms with E-state index in [0.717, 1.165) is 22.9 Å². The number of hydrogen-bond acceptors (Lipinski definition) is 3. The second kappa shape index (κ2) is 6.04. The third kappa shape index (κ3) is 2.76. The molecule has 0 fully saturated rings. The van der Waals surface area contributed by atoms with Crippen molar-refractivity contribution in [3.8, 4) is 11.4 Å². The minimum atomic E-state index is 0.513. The summed E-state index contributed by atoms with van der Waals surface area (Å²) in [5.74, 6) is 0.682. The molecule has 0 aliphatic heterocycles. The van der Waals surface area contributed by atoms with Crippen molar-refractivity contribution in [1.29, 1.82) is 0 Å². The molecule has 0 spiro atoms. The van der Waals surface area contributed by atoms with E-state index >= 15 is 0 Å². The van der Waals surface area contributed by atoms with Crippen LogP contribution >= 0.6 is 23.4 Å². The lowest BCUT2D eigenvalue weighted by atomic mass is 10.1. The van der Waals surface area contributed by atoms with Crippen LogP contribution in [-0.4, -0.2) is 16.2 Å². The second-order valence-electron chi connectivity index (χ2n) is 4.73. The Labute approximate surface area is 133 Å². The summed E-state index contributed by atoms with van der Waals surface area (Å²) in [5.41, 5.74) is 3.13. The first kappa shape index (κ1) is 14.4. The van der Waals surface area contributed by atoms with Crippen molar-refractivity contribution in [1.82, 2.24) is 9.97 Å². The Morgan fingerprint density at radius 2 is 1.81 bits per heavy atom. The number of fused-ring (bicyclic) bond motifs is 1. The number of rotatable bonds is 3. The summed E-state index contributed by atoms with van der Waals surface area (Å²) in [6, 6.07) is 14.3. The first-order valence-corrected chi connectivity index (χ1v) is 8.42. The molecule has 0 atom stereocenters. The Morgan fingerprint density at radius 1 is 1.05 bits per heavy atom. The topological polar surface area (TPSA) is 25.8 Å². The average molecular weight is 315 g/mol. The Hall–Kier alpha value is -1.58. The van der Waals surface area contributed by atoms with Crippen LogP contribution in [0, 0.1) is 0 Å². The standard InChI is InChI=1S/C17H15ClN2S/c1-3-11-5-4-6-14-15(11)19-17(20-16(14)18)12-7-9-13(21-2)10-8-12/h4-10H,3H2,1-2H3. The zero-order valence-electron chi connectivity index (χ0n) is 11.9. The van der Waals surface area contributed by atoms with Crippen LogP contribution in [0.1, 0.15) is 12.5 Å². The minimum absolute atomic E-state index is 0.513. The molecule has 21 heavy (non-hydrogen) atoms. The first-order chi connectivity index (χ1) is 10.2. The lowest BCUT2D eigenvalue weighted by Gasteiger charge is -2.08. The largest absolute Gasteiger partial charge is 0.228 e. The molecule has 2 nitrogen and oxygen atoms in total. The highest BCUT2D eigenvalue weighted by molar-refractivity contribution is 7.98. The fourth-order valence-electron chi connectivity index (χ4n) is 2.33. The van der Waals surface area contributed by atoms with Crippen LogP contribution in [0.3, 0.4) is 0 Å². The predicted molar refractivity (Wildman–Crippen MR) is 91.1 cm³/mol. The number of thioether (sulfide) groups is 1. The van der Waals surface area contributed by atoms with Gasteiger partial charge in [-0.05, 0) is 36.4 Å². The van der Waals surface area contributed by atoms with Crippen LogP contribution in [0.5, 0.6) is 0 Å². The van der Waals surface area contributed by atoms with Crippen molar-refractivity contribution in [3.05, 3.63) is 53.2 Å². The lowest BCUT2D eigenvalue weighted by molar-refractivity contribution is 1.13. The van der Waals surface area contributed by atoms with Crippen molar-refractivity contribution < 1.29 is 0 Å². The fraction of sp³-hybridized carbons (Fsp3) is 0.176. The normalized spacial score (nSPS) is 11.0. The Bertz CT molecular complexity index is 785. The molecule has 2 aromatic carbocycles. The van der Waals surface area contributed by atoms with E-state index in [0.29, 0.717) is 11.0 Å². The van der Waals surface area contributed by atoms with Crippen molar-refractivity contribution in [2.24, 2.45) is 0 Å². The smallest absolute Gasteiger partial charge is 0.161 e. The molecule has 0 N–H and O–H groups in total. The van der Waals surface area contributed by atoms with Gasteiger partial charge in [-0.15, -0.1) is 11.8 Å². The molecule has 0 amide bonds. The zero-order chi connectivity index (χ0) is 14.8. The van der Waals surface area contributed by atoms with Gasteiger partial charge in [-0.1, -0.05) is 42.8 Å².